The number of fused-ring (bicyclic) bond motifs is 3. The molecule has 0 spiro atoms. The number of carbonyl (C=O) groups excluding carboxylic acids is 1. The minimum Gasteiger partial charge on any atom is -0.444 e. The van der Waals surface area contributed by atoms with Crippen LogP contribution in [0.5, 0.6) is 0 Å². The maximum atomic E-state index is 15.1. The first kappa shape index (κ1) is 25.4. The van der Waals surface area contributed by atoms with E-state index in [9.17, 15) is 4.79 Å². The fourth-order valence-corrected chi connectivity index (χ4v) is 6.21. The minimum atomic E-state index is -0.677. The zero-order chi connectivity index (χ0) is 24.9. The van der Waals surface area contributed by atoms with Crippen LogP contribution < -0.4 is 4.90 Å². The zero-order valence-corrected chi connectivity index (χ0v) is 23.0. The molecule has 11 heteroatoms. The van der Waals surface area contributed by atoms with Crippen LogP contribution >= 0.6 is 39.3 Å². The lowest BCUT2D eigenvalue weighted by atomic mass is 9.96. The highest BCUT2D eigenvalue weighted by atomic mass is 79.9. The summed E-state index contributed by atoms with van der Waals surface area (Å²) in [5.41, 5.74) is 0.415. The van der Waals surface area contributed by atoms with Crippen LogP contribution in [0.25, 0.3) is 10.9 Å². The molecule has 2 fully saturated rings. The second-order valence-corrected chi connectivity index (χ2v) is 12.0. The highest BCUT2D eigenvalue weighted by Crippen LogP contribution is 2.43. The van der Waals surface area contributed by atoms with Crippen LogP contribution in [-0.2, 0) is 4.74 Å². The summed E-state index contributed by atoms with van der Waals surface area (Å²) in [5, 5.41) is 0.668. The third kappa shape index (κ3) is 4.60. The number of ether oxygens (including phenoxy) is 1. The van der Waals surface area contributed by atoms with E-state index in [0.717, 1.165) is 24.2 Å². The van der Waals surface area contributed by atoms with Crippen molar-refractivity contribution in [3.05, 3.63) is 27.7 Å². The molecule has 4 heterocycles. The summed E-state index contributed by atoms with van der Waals surface area (Å²) in [4.78, 5) is 30.5. The largest absolute Gasteiger partial charge is 0.444 e. The number of hydrogen-bond donors (Lipinski definition) is 0. The SMILES string of the molecule is C=C(C)[C@H]1[C@@H]2CC[C@H](CN1c1nc(SCC)nc3c(F)c(Cl)nc(Br)c13)N2C(=O)OC(C)(C)C. The summed E-state index contributed by atoms with van der Waals surface area (Å²) in [6.45, 7) is 14.3. The number of rotatable bonds is 4. The molecular formula is C23H28BrClFN5O2S. The van der Waals surface area contributed by atoms with E-state index >= 15 is 4.39 Å². The summed E-state index contributed by atoms with van der Waals surface area (Å²) in [7, 11) is 0. The normalized spacial score (nSPS) is 22.4. The summed E-state index contributed by atoms with van der Waals surface area (Å²) < 4.78 is 21.2. The minimum absolute atomic E-state index is 0.0633. The van der Waals surface area contributed by atoms with Crippen molar-refractivity contribution >= 4 is 62.1 Å². The van der Waals surface area contributed by atoms with Crippen LogP contribution in [0.2, 0.25) is 5.15 Å². The van der Waals surface area contributed by atoms with Gasteiger partial charge in [-0.25, -0.2) is 24.1 Å². The van der Waals surface area contributed by atoms with Gasteiger partial charge in [0.05, 0.1) is 23.5 Å². The number of carbonyl (C=O) groups is 1. The molecule has 2 bridgehead atoms. The van der Waals surface area contributed by atoms with Gasteiger partial charge in [-0.15, -0.1) is 0 Å². The highest BCUT2D eigenvalue weighted by molar-refractivity contribution is 9.10. The van der Waals surface area contributed by atoms with Gasteiger partial charge < -0.3 is 9.64 Å². The van der Waals surface area contributed by atoms with Crippen LogP contribution in [-0.4, -0.2) is 62.0 Å². The van der Waals surface area contributed by atoms with Crippen molar-refractivity contribution < 1.29 is 13.9 Å². The van der Waals surface area contributed by atoms with Gasteiger partial charge in [0.25, 0.3) is 0 Å². The van der Waals surface area contributed by atoms with Gasteiger partial charge in [0.15, 0.2) is 16.1 Å². The molecule has 3 atom stereocenters. The molecule has 0 saturated carbocycles. The predicted octanol–water partition coefficient (Wildman–Crippen LogP) is 6.22. The average molecular weight is 573 g/mol. The van der Waals surface area contributed by atoms with E-state index in [2.05, 4.69) is 37.4 Å². The first-order chi connectivity index (χ1) is 15.9. The van der Waals surface area contributed by atoms with Crippen molar-refractivity contribution in [1.82, 2.24) is 19.9 Å². The van der Waals surface area contributed by atoms with Crippen LogP contribution in [0.15, 0.2) is 21.9 Å². The maximum Gasteiger partial charge on any atom is 0.410 e. The van der Waals surface area contributed by atoms with Crippen molar-refractivity contribution in [2.45, 2.75) is 76.3 Å². The summed E-state index contributed by atoms with van der Waals surface area (Å²) in [6.07, 6.45) is 1.34. The molecule has 2 aliphatic rings. The van der Waals surface area contributed by atoms with Crippen molar-refractivity contribution in [3.8, 4) is 0 Å². The van der Waals surface area contributed by atoms with Gasteiger partial charge in [0.1, 0.15) is 21.5 Å². The number of hydrogen-bond acceptors (Lipinski definition) is 7. The number of amides is 1. The molecule has 184 valence electrons. The van der Waals surface area contributed by atoms with Crippen LogP contribution in [0.4, 0.5) is 15.0 Å². The molecule has 2 aliphatic heterocycles. The Morgan fingerprint density at radius 3 is 2.65 bits per heavy atom. The van der Waals surface area contributed by atoms with Crippen molar-refractivity contribution in [2.24, 2.45) is 0 Å². The van der Waals surface area contributed by atoms with Crippen molar-refractivity contribution in [3.63, 3.8) is 0 Å². The zero-order valence-electron chi connectivity index (χ0n) is 19.9. The van der Waals surface area contributed by atoms with Crippen LogP contribution in [0.3, 0.4) is 0 Å². The van der Waals surface area contributed by atoms with Gasteiger partial charge in [-0.3, -0.25) is 4.90 Å². The van der Waals surface area contributed by atoms with Crippen molar-refractivity contribution in [1.29, 1.82) is 0 Å². The van der Waals surface area contributed by atoms with Gasteiger partial charge in [-0.1, -0.05) is 42.4 Å². The lowest BCUT2D eigenvalue weighted by Gasteiger charge is -2.48. The van der Waals surface area contributed by atoms with Crippen LogP contribution in [0, 0.1) is 5.82 Å². The standard InChI is InChI=1S/C23H28BrClFN5O2S/c1-7-34-21-27-16-14(18(24)28-19(25)15(16)26)20(29-21)30-10-12-8-9-13(17(30)11(2)3)31(12)22(32)33-23(4,5)6/h12-13,17H,2,7-10H2,1,3-6H3/t12-,13+,17+/m1/s1. The predicted molar refractivity (Wildman–Crippen MR) is 137 cm³/mol. The van der Waals surface area contributed by atoms with Gasteiger partial charge in [0.2, 0.25) is 0 Å². The molecule has 2 aromatic heterocycles. The Balaban J connectivity index is 1.85. The molecule has 2 aromatic rings. The van der Waals surface area contributed by atoms with E-state index < -0.39 is 11.4 Å². The molecule has 1 amide bonds. The van der Waals surface area contributed by atoms with Crippen molar-refractivity contribution in [2.75, 3.05) is 17.2 Å². The third-order valence-electron chi connectivity index (χ3n) is 5.97. The van der Waals surface area contributed by atoms with Gasteiger partial charge in [0, 0.05) is 6.54 Å². The number of nitrogens with zero attached hydrogens (tertiary/aromatic N) is 5. The van der Waals surface area contributed by atoms with E-state index in [0.29, 0.717) is 27.5 Å². The Labute approximate surface area is 216 Å². The second-order valence-electron chi connectivity index (χ2n) is 9.62. The number of aromatic nitrogens is 3. The van der Waals surface area contributed by atoms with Gasteiger partial charge in [-0.05, 0) is 62.2 Å². The highest BCUT2D eigenvalue weighted by Gasteiger charge is 2.50. The van der Waals surface area contributed by atoms with E-state index in [-0.39, 0.29) is 34.9 Å². The molecular weight excluding hydrogens is 545 g/mol. The molecule has 0 radical (unpaired) electrons. The Morgan fingerprint density at radius 1 is 1.32 bits per heavy atom. The van der Waals surface area contributed by atoms with Gasteiger partial charge >= 0.3 is 6.09 Å². The molecule has 0 unspecified atom stereocenters. The maximum absolute atomic E-state index is 15.1. The molecule has 4 rings (SSSR count). The smallest absolute Gasteiger partial charge is 0.410 e. The van der Waals surface area contributed by atoms with E-state index in [1.54, 1.807) is 0 Å². The second kappa shape index (κ2) is 9.43. The third-order valence-corrected chi connectivity index (χ3v) is 7.52. The number of pyridine rings is 1. The molecule has 7 nitrogen and oxygen atoms in total. The van der Waals surface area contributed by atoms with E-state index in [4.69, 9.17) is 21.3 Å². The Kier molecular flexibility index (Phi) is 7.05. The van der Waals surface area contributed by atoms with Gasteiger partial charge in [-0.2, -0.15) is 0 Å². The fraction of sp³-hybridized carbons (Fsp3) is 0.565. The Hall–Kier alpha value is -1.65. The Morgan fingerprint density at radius 2 is 2.03 bits per heavy atom. The fourth-order valence-electron chi connectivity index (χ4n) is 4.83. The molecule has 0 N–H and O–H groups in total. The Bertz CT molecular complexity index is 1160. The first-order valence-electron chi connectivity index (χ1n) is 11.2. The number of anilines is 1. The number of thioether (sulfide) groups is 1. The first-order valence-corrected chi connectivity index (χ1v) is 13.4. The molecule has 0 aromatic carbocycles. The van der Waals surface area contributed by atoms with E-state index in [1.165, 1.54) is 11.8 Å². The lowest BCUT2D eigenvalue weighted by molar-refractivity contribution is 0.00913. The topological polar surface area (TPSA) is 71.5 Å². The van der Waals surface area contributed by atoms with Crippen LogP contribution in [0.1, 0.15) is 47.5 Å². The quantitative estimate of drug-likeness (QED) is 0.186. The lowest BCUT2D eigenvalue weighted by Crippen LogP contribution is -2.62. The molecule has 34 heavy (non-hydrogen) atoms. The molecule has 0 aliphatic carbocycles. The number of piperazine rings is 1. The number of halogens is 3. The summed E-state index contributed by atoms with van der Waals surface area (Å²) in [5.74, 6) is 0.613. The molecule has 2 saturated heterocycles. The van der Waals surface area contributed by atoms with E-state index in [1.807, 2.05) is 39.5 Å². The average Bonchev–Trinajstić information content (AvgIpc) is 3.03. The summed E-state index contributed by atoms with van der Waals surface area (Å²) in [6, 6.07) is -0.427. The monoisotopic (exact) mass is 571 g/mol. The summed E-state index contributed by atoms with van der Waals surface area (Å²) >= 11 is 10.9.